The topological polar surface area (TPSA) is 105 Å². The minimum Gasteiger partial charge on any atom is -0.494 e. The van der Waals surface area contributed by atoms with Crippen LogP contribution in [0.2, 0.25) is 0 Å². The van der Waals surface area contributed by atoms with Gasteiger partial charge in [0.1, 0.15) is 11.1 Å². The number of aliphatic imine (C=N–C) groups is 1. The number of benzene rings is 2. The van der Waals surface area contributed by atoms with Gasteiger partial charge in [0.15, 0.2) is 0 Å². The van der Waals surface area contributed by atoms with Crippen LogP contribution in [0.25, 0.3) is 16.5 Å². The molecule has 0 unspecified atom stereocenters. The molecule has 0 aliphatic heterocycles. The summed E-state index contributed by atoms with van der Waals surface area (Å²) >= 11 is 1.52. The zero-order valence-corrected chi connectivity index (χ0v) is 21.3. The Labute approximate surface area is 217 Å². The highest BCUT2D eigenvalue weighted by Gasteiger charge is 2.24. The maximum absolute atomic E-state index is 13.4. The molecule has 37 heavy (non-hydrogen) atoms. The van der Waals surface area contributed by atoms with E-state index in [1.165, 1.54) is 27.0 Å². The number of esters is 1. The summed E-state index contributed by atoms with van der Waals surface area (Å²) in [6.07, 6.45) is 4.38. The Kier molecular flexibility index (Phi) is 6.64. The van der Waals surface area contributed by atoms with Gasteiger partial charge in [0.2, 0.25) is 5.88 Å². The number of nitriles is 1. The van der Waals surface area contributed by atoms with Crippen molar-refractivity contribution >= 4 is 39.3 Å². The maximum atomic E-state index is 13.4. The number of rotatable bonds is 5. The van der Waals surface area contributed by atoms with E-state index in [0.29, 0.717) is 44.1 Å². The molecule has 0 bridgehead atoms. The molecule has 0 radical (unpaired) electrons. The molecule has 7 nitrogen and oxygen atoms in total. The largest absolute Gasteiger partial charge is 0.494 e. The van der Waals surface area contributed by atoms with E-state index in [-0.39, 0.29) is 12.5 Å². The third-order valence-electron chi connectivity index (χ3n) is 6.66. The predicted octanol–water partition coefficient (Wildman–Crippen LogP) is 5.68. The molecule has 1 aliphatic carbocycles. The third kappa shape index (κ3) is 4.43. The molecule has 4 aromatic rings. The van der Waals surface area contributed by atoms with Crippen molar-refractivity contribution < 1.29 is 14.6 Å². The fourth-order valence-corrected chi connectivity index (χ4v) is 6.06. The molecule has 1 aliphatic rings. The average molecular weight is 512 g/mol. The Morgan fingerprint density at radius 2 is 1.97 bits per heavy atom. The van der Waals surface area contributed by atoms with Crippen molar-refractivity contribution in [2.75, 3.05) is 6.61 Å². The van der Waals surface area contributed by atoms with E-state index in [1.807, 2.05) is 0 Å². The van der Waals surface area contributed by atoms with Crippen LogP contribution in [-0.2, 0) is 17.6 Å². The second kappa shape index (κ2) is 10.0. The summed E-state index contributed by atoms with van der Waals surface area (Å²) in [5.41, 5.74) is 2.39. The number of carbonyl (C=O) groups is 1. The Bertz CT molecular complexity index is 1640. The Hall–Kier alpha value is -4.22. The normalized spacial score (nSPS) is 15.0. The Balaban J connectivity index is 1.63. The van der Waals surface area contributed by atoms with Gasteiger partial charge in [0, 0.05) is 21.9 Å². The summed E-state index contributed by atoms with van der Waals surface area (Å²) in [5, 5.41) is 22.7. The summed E-state index contributed by atoms with van der Waals surface area (Å²) in [5.74, 6) is -0.163. The summed E-state index contributed by atoms with van der Waals surface area (Å²) in [6, 6.07) is 15.6. The van der Waals surface area contributed by atoms with Gasteiger partial charge in [-0.25, -0.2) is 14.4 Å². The van der Waals surface area contributed by atoms with Crippen LogP contribution in [0.4, 0.5) is 5.00 Å². The molecule has 0 saturated carbocycles. The second-order valence-corrected chi connectivity index (χ2v) is 10.2. The molecule has 2 aromatic heterocycles. The van der Waals surface area contributed by atoms with Crippen LogP contribution in [0.5, 0.6) is 5.88 Å². The van der Waals surface area contributed by atoms with Crippen molar-refractivity contribution in [1.29, 1.82) is 5.26 Å². The van der Waals surface area contributed by atoms with Crippen LogP contribution in [-0.4, -0.2) is 28.5 Å². The number of fused-ring (bicyclic) bond motifs is 2. The minimum atomic E-state index is -0.460. The Morgan fingerprint density at radius 1 is 1.24 bits per heavy atom. The van der Waals surface area contributed by atoms with Gasteiger partial charge in [-0.15, -0.1) is 11.3 Å². The maximum Gasteiger partial charge on any atom is 0.338 e. The third-order valence-corrected chi connectivity index (χ3v) is 7.82. The standard InChI is InChI=1S/C29H25N3O4S/c1-3-36-29(35)18-9-11-19(12-10-18)32-27(33)22-7-5-4-6-20(22)24(28(32)34)16-31-26-23(15-30)21-13-8-17(2)14-25(21)37-26/h4-7,9-12,16-17,34H,3,8,13-14H2,1-2H3/t17-/m1/s1. The zero-order valence-electron chi connectivity index (χ0n) is 20.5. The van der Waals surface area contributed by atoms with E-state index in [1.54, 1.807) is 55.5 Å². The summed E-state index contributed by atoms with van der Waals surface area (Å²) in [7, 11) is 0. The number of thiophene rings is 1. The highest BCUT2D eigenvalue weighted by Crippen LogP contribution is 2.41. The molecule has 0 spiro atoms. The van der Waals surface area contributed by atoms with Crippen LogP contribution in [0, 0.1) is 17.2 Å². The first-order chi connectivity index (χ1) is 17.9. The number of aromatic hydroxyl groups is 1. The lowest BCUT2D eigenvalue weighted by atomic mass is 9.89. The van der Waals surface area contributed by atoms with Crippen LogP contribution in [0.15, 0.2) is 58.3 Å². The summed E-state index contributed by atoms with van der Waals surface area (Å²) < 4.78 is 6.23. The molecular weight excluding hydrogens is 486 g/mol. The molecule has 2 aromatic carbocycles. The van der Waals surface area contributed by atoms with Crippen molar-refractivity contribution in [2.45, 2.75) is 33.1 Å². The van der Waals surface area contributed by atoms with Gasteiger partial charge in [-0.05, 0) is 68.0 Å². The van der Waals surface area contributed by atoms with E-state index in [9.17, 15) is 20.0 Å². The first kappa shape index (κ1) is 24.5. The summed E-state index contributed by atoms with van der Waals surface area (Å²) in [6.45, 7) is 4.20. The molecule has 0 amide bonds. The van der Waals surface area contributed by atoms with Crippen molar-refractivity contribution in [3.8, 4) is 17.6 Å². The van der Waals surface area contributed by atoms with Gasteiger partial charge in [-0.1, -0.05) is 25.1 Å². The lowest BCUT2D eigenvalue weighted by Crippen LogP contribution is -2.20. The molecule has 2 heterocycles. The van der Waals surface area contributed by atoms with E-state index < -0.39 is 11.5 Å². The fraction of sp³-hybridized carbons (Fsp3) is 0.241. The molecule has 5 rings (SSSR count). The van der Waals surface area contributed by atoms with Crippen molar-refractivity contribution in [1.82, 2.24) is 4.57 Å². The molecule has 0 saturated heterocycles. The van der Waals surface area contributed by atoms with Gasteiger partial charge in [0.25, 0.3) is 5.56 Å². The molecule has 186 valence electrons. The second-order valence-electron chi connectivity index (χ2n) is 9.09. The van der Waals surface area contributed by atoms with Crippen LogP contribution in [0.1, 0.15) is 52.2 Å². The van der Waals surface area contributed by atoms with E-state index in [4.69, 9.17) is 4.74 Å². The number of hydrogen-bond acceptors (Lipinski definition) is 7. The number of pyridine rings is 1. The number of hydrogen-bond donors (Lipinski definition) is 1. The lowest BCUT2D eigenvalue weighted by molar-refractivity contribution is 0.0526. The smallest absolute Gasteiger partial charge is 0.338 e. The molecule has 1 atom stereocenters. The first-order valence-corrected chi connectivity index (χ1v) is 13.0. The van der Waals surface area contributed by atoms with Crippen molar-refractivity contribution in [3.63, 3.8) is 0 Å². The zero-order chi connectivity index (χ0) is 26.1. The van der Waals surface area contributed by atoms with Gasteiger partial charge < -0.3 is 9.84 Å². The first-order valence-electron chi connectivity index (χ1n) is 12.2. The van der Waals surface area contributed by atoms with Crippen LogP contribution < -0.4 is 5.56 Å². The molecule has 0 fully saturated rings. The van der Waals surface area contributed by atoms with Gasteiger partial charge >= 0.3 is 5.97 Å². The van der Waals surface area contributed by atoms with Gasteiger partial charge in [-0.2, -0.15) is 5.26 Å². The predicted molar refractivity (Wildman–Crippen MR) is 145 cm³/mol. The van der Waals surface area contributed by atoms with E-state index in [0.717, 1.165) is 24.8 Å². The number of aromatic nitrogens is 1. The molecular formula is C29H25N3O4S. The summed E-state index contributed by atoms with van der Waals surface area (Å²) in [4.78, 5) is 31.3. The number of nitrogens with zero attached hydrogens (tertiary/aromatic N) is 3. The monoisotopic (exact) mass is 511 g/mol. The van der Waals surface area contributed by atoms with Crippen LogP contribution >= 0.6 is 11.3 Å². The minimum absolute atomic E-state index is 0.258. The quantitative estimate of drug-likeness (QED) is 0.274. The van der Waals surface area contributed by atoms with Crippen molar-refractivity contribution in [2.24, 2.45) is 10.9 Å². The van der Waals surface area contributed by atoms with E-state index in [2.05, 4.69) is 18.0 Å². The molecule has 8 heteroatoms. The van der Waals surface area contributed by atoms with E-state index >= 15 is 0 Å². The molecule has 1 N–H and O–H groups in total. The van der Waals surface area contributed by atoms with Crippen LogP contribution in [0.3, 0.4) is 0 Å². The highest BCUT2D eigenvalue weighted by molar-refractivity contribution is 7.16. The highest BCUT2D eigenvalue weighted by atomic mass is 32.1. The van der Waals surface area contributed by atoms with Gasteiger partial charge in [0.05, 0.1) is 29.0 Å². The average Bonchev–Trinajstić information content (AvgIpc) is 3.25. The Morgan fingerprint density at radius 3 is 2.68 bits per heavy atom. The number of carbonyl (C=O) groups excluding carboxylic acids is 1. The van der Waals surface area contributed by atoms with Crippen molar-refractivity contribution in [3.05, 3.63) is 86.0 Å². The lowest BCUT2D eigenvalue weighted by Gasteiger charge is -2.17. The number of ether oxygens (including phenoxy) is 1. The fourth-order valence-electron chi connectivity index (χ4n) is 4.76. The SMILES string of the molecule is CCOC(=O)c1ccc(-n2c(O)c(C=Nc3sc4c(c3C#N)CC[C@@H](C)C4)c3ccccc3c2=O)cc1. The van der Waals surface area contributed by atoms with Gasteiger partial charge in [-0.3, -0.25) is 4.79 Å².